The zero-order valence-electron chi connectivity index (χ0n) is 11.1. The zero-order valence-corrected chi connectivity index (χ0v) is 11.9. The second kappa shape index (κ2) is 5.50. The summed E-state index contributed by atoms with van der Waals surface area (Å²) in [6.07, 6.45) is 3.15. The molecule has 1 aliphatic rings. The minimum atomic E-state index is -0.211. The summed E-state index contributed by atoms with van der Waals surface area (Å²) in [5.41, 5.74) is 0.715. The molecule has 100 valence electrons. The second-order valence-corrected chi connectivity index (χ2v) is 6.15. The normalized spacial score (nSPS) is 32.2. The number of halogens is 1. The molecule has 3 heteroatoms. The molecule has 2 rings (SSSR count). The van der Waals surface area contributed by atoms with Crippen molar-refractivity contribution >= 4 is 17.3 Å². The molecule has 0 radical (unpaired) electrons. The topological polar surface area (TPSA) is 32.3 Å². The van der Waals surface area contributed by atoms with Crippen LogP contribution in [0.5, 0.6) is 0 Å². The Morgan fingerprint density at radius 2 is 2.06 bits per heavy atom. The van der Waals surface area contributed by atoms with E-state index in [1.807, 2.05) is 24.3 Å². The molecular formula is C15H22ClNO. The van der Waals surface area contributed by atoms with E-state index in [-0.39, 0.29) is 12.1 Å². The van der Waals surface area contributed by atoms with Crippen molar-refractivity contribution in [2.45, 2.75) is 38.6 Å². The number of nitrogens with one attached hydrogen (secondary N) is 1. The summed E-state index contributed by atoms with van der Waals surface area (Å²) in [5, 5.41) is 14.0. The Kier molecular flexibility index (Phi) is 4.18. The Hall–Kier alpha value is -0.730. The van der Waals surface area contributed by atoms with E-state index in [4.69, 9.17) is 11.6 Å². The molecule has 1 fully saturated rings. The molecule has 0 saturated heterocycles. The smallest absolute Gasteiger partial charge is 0.0661 e. The minimum Gasteiger partial charge on any atom is -0.394 e. The first-order valence-corrected chi connectivity index (χ1v) is 7.08. The maximum atomic E-state index is 9.79. The van der Waals surface area contributed by atoms with E-state index in [1.165, 1.54) is 0 Å². The van der Waals surface area contributed by atoms with E-state index in [0.29, 0.717) is 5.92 Å². The Balaban J connectivity index is 2.16. The lowest BCUT2D eigenvalue weighted by atomic mass is 9.71. The number of hydrogen-bond donors (Lipinski definition) is 2. The molecule has 3 unspecified atom stereocenters. The first-order chi connectivity index (χ1) is 8.56. The molecule has 0 amide bonds. The number of aliphatic hydroxyl groups excluding tert-OH is 1. The molecule has 0 heterocycles. The number of para-hydroxylation sites is 1. The molecule has 2 nitrogen and oxygen atoms in total. The first kappa shape index (κ1) is 13.7. The third kappa shape index (κ3) is 2.81. The number of rotatable bonds is 3. The van der Waals surface area contributed by atoms with Gasteiger partial charge in [0.2, 0.25) is 0 Å². The predicted octanol–water partition coefficient (Wildman–Crippen LogP) is 3.94. The standard InChI is InChI=1S/C15H22ClNO/c1-11-7-8-15(10-18,9-12(11)2)17-14-6-4-3-5-13(14)16/h3-6,11-12,17-18H,7-10H2,1-2H3. The number of hydrogen-bond acceptors (Lipinski definition) is 2. The van der Waals surface area contributed by atoms with Gasteiger partial charge < -0.3 is 10.4 Å². The van der Waals surface area contributed by atoms with Crippen molar-refractivity contribution in [3.63, 3.8) is 0 Å². The summed E-state index contributed by atoms with van der Waals surface area (Å²) < 4.78 is 0. The summed E-state index contributed by atoms with van der Waals surface area (Å²) >= 11 is 6.18. The summed E-state index contributed by atoms with van der Waals surface area (Å²) in [4.78, 5) is 0. The van der Waals surface area contributed by atoms with Gasteiger partial charge in [0, 0.05) is 0 Å². The van der Waals surface area contributed by atoms with Crippen LogP contribution >= 0.6 is 11.6 Å². The van der Waals surface area contributed by atoms with Crippen molar-refractivity contribution in [2.24, 2.45) is 11.8 Å². The number of anilines is 1. The van der Waals surface area contributed by atoms with Crippen LogP contribution in [0.1, 0.15) is 33.1 Å². The third-order valence-electron chi connectivity index (χ3n) is 4.34. The Morgan fingerprint density at radius 3 is 2.67 bits per heavy atom. The van der Waals surface area contributed by atoms with Gasteiger partial charge in [0.1, 0.15) is 0 Å². The van der Waals surface area contributed by atoms with Gasteiger partial charge in [0.15, 0.2) is 0 Å². The molecule has 0 aromatic heterocycles. The Labute approximate surface area is 114 Å². The van der Waals surface area contributed by atoms with Crippen molar-refractivity contribution in [1.82, 2.24) is 0 Å². The second-order valence-electron chi connectivity index (χ2n) is 5.74. The maximum Gasteiger partial charge on any atom is 0.0661 e. The molecule has 1 aromatic rings. The van der Waals surface area contributed by atoms with E-state index in [9.17, 15) is 5.11 Å². The van der Waals surface area contributed by atoms with Crippen LogP contribution in [0.4, 0.5) is 5.69 Å². The van der Waals surface area contributed by atoms with E-state index in [2.05, 4.69) is 19.2 Å². The zero-order chi connectivity index (χ0) is 13.2. The van der Waals surface area contributed by atoms with Crippen molar-refractivity contribution in [2.75, 3.05) is 11.9 Å². The van der Waals surface area contributed by atoms with Crippen LogP contribution in [-0.4, -0.2) is 17.3 Å². The van der Waals surface area contributed by atoms with Crippen molar-refractivity contribution in [3.05, 3.63) is 29.3 Å². The van der Waals surface area contributed by atoms with Gasteiger partial charge in [-0.3, -0.25) is 0 Å². The van der Waals surface area contributed by atoms with E-state index >= 15 is 0 Å². The molecule has 1 saturated carbocycles. The van der Waals surface area contributed by atoms with Gasteiger partial charge in [-0.15, -0.1) is 0 Å². The lowest BCUT2D eigenvalue weighted by molar-refractivity contribution is 0.121. The monoisotopic (exact) mass is 267 g/mol. The average molecular weight is 268 g/mol. The highest BCUT2D eigenvalue weighted by molar-refractivity contribution is 6.33. The van der Waals surface area contributed by atoms with Gasteiger partial charge in [0.25, 0.3) is 0 Å². The first-order valence-electron chi connectivity index (χ1n) is 6.70. The average Bonchev–Trinajstić information content (AvgIpc) is 2.37. The molecular weight excluding hydrogens is 246 g/mol. The maximum absolute atomic E-state index is 9.79. The predicted molar refractivity (Wildman–Crippen MR) is 77.1 cm³/mol. The van der Waals surface area contributed by atoms with Crippen LogP contribution in [0.25, 0.3) is 0 Å². The summed E-state index contributed by atoms with van der Waals surface area (Å²) in [6.45, 7) is 4.72. The van der Waals surface area contributed by atoms with E-state index < -0.39 is 0 Å². The van der Waals surface area contributed by atoms with Gasteiger partial charge in [-0.2, -0.15) is 0 Å². The fourth-order valence-electron chi connectivity index (χ4n) is 2.85. The van der Waals surface area contributed by atoms with Crippen LogP contribution < -0.4 is 5.32 Å². The molecule has 2 N–H and O–H groups in total. The largest absolute Gasteiger partial charge is 0.394 e. The summed E-state index contributed by atoms with van der Waals surface area (Å²) in [6, 6.07) is 7.74. The van der Waals surface area contributed by atoms with Crippen LogP contribution in [0.3, 0.4) is 0 Å². The SMILES string of the molecule is CC1CCC(CO)(Nc2ccccc2Cl)CC1C. The van der Waals surface area contributed by atoms with Gasteiger partial charge in [-0.25, -0.2) is 0 Å². The molecule has 1 aromatic carbocycles. The van der Waals surface area contributed by atoms with Crippen LogP contribution in [0.15, 0.2) is 24.3 Å². The van der Waals surface area contributed by atoms with Gasteiger partial charge in [0.05, 0.1) is 22.9 Å². The number of benzene rings is 1. The Bertz CT molecular complexity index is 409. The highest BCUT2D eigenvalue weighted by atomic mass is 35.5. The van der Waals surface area contributed by atoms with Crippen LogP contribution in [0, 0.1) is 11.8 Å². The summed E-state index contributed by atoms with van der Waals surface area (Å²) in [7, 11) is 0. The molecule has 0 bridgehead atoms. The molecule has 0 aliphatic heterocycles. The fraction of sp³-hybridized carbons (Fsp3) is 0.600. The lowest BCUT2D eigenvalue weighted by Crippen LogP contribution is -2.47. The lowest BCUT2D eigenvalue weighted by Gasteiger charge is -2.43. The molecule has 3 atom stereocenters. The quantitative estimate of drug-likeness (QED) is 0.869. The van der Waals surface area contributed by atoms with Gasteiger partial charge in [-0.05, 0) is 43.2 Å². The van der Waals surface area contributed by atoms with Crippen molar-refractivity contribution < 1.29 is 5.11 Å². The number of aliphatic hydroxyl groups is 1. The highest BCUT2D eigenvalue weighted by Gasteiger charge is 2.37. The molecule has 18 heavy (non-hydrogen) atoms. The van der Waals surface area contributed by atoms with Crippen LogP contribution in [0.2, 0.25) is 5.02 Å². The fourth-order valence-corrected chi connectivity index (χ4v) is 3.04. The van der Waals surface area contributed by atoms with Gasteiger partial charge >= 0.3 is 0 Å². The van der Waals surface area contributed by atoms with Gasteiger partial charge in [-0.1, -0.05) is 37.6 Å². The highest BCUT2D eigenvalue weighted by Crippen LogP contribution is 2.39. The van der Waals surface area contributed by atoms with Crippen molar-refractivity contribution in [1.29, 1.82) is 0 Å². The minimum absolute atomic E-state index is 0.162. The third-order valence-corrected chi connectivity index (χ3v) is 4.67. The Morgan fingerprint density at radius 1 is 1.33 bits per heavy atom. The van der Waals surface area contributed by atoms with Crippen molar-refractivity contribution in [3.8, 4) is 0 Å². The molecule has 1 aliphatic carbocycles. The molecule has 0 spiro atoms. The summed E-state index contributed by atoms with van der Waals surface area (Å²) in [5.74, 6) is 1.36. The van der Waals surface area contributed by atoms with Crippen LogP contribution in [-0.2, 0) is 0 Å². The van der Waals surface area contributed by atoms with E-state index in [0.717, 1.165) is 35.9 Å². The van der Waals surface area contributed by atoms with E-state index in [1.54, 1.807) is 0 Å².